The molecule has 0 heterocycles. The van der Waals surface area contributed by atoms with Crippen LogP contribution in [0.25, 0.3) is 0 Å². The lowest BCUT2D eigenvalue weighted by molar-refractivity contribution is -0.150. The fourth-order valence-corrected chi connectivity index (χ4v) is 2.30. The zero-order valence-corrected chi connectivity index (χ0v) is 14.1. The molecular formula is C14H26O7S. The molecule has 0 aromatic rings. The second-order valence-corrected chi connectivity index (χ2v) is 6.61. The summed E-state index contributed by atoms with van der Waals surface area (Å²) in [6.07, 6.45) is 4.26. The molecule has 8 heteroatoms. The van der Waals surface area contributed by atoms with Gasteiger partial charge in [-0.25, -0.2) is 0 Å². The Kier molecular flexibility index (Phi) is 10.8. The lowest BCUT2D eigenvalue weighted by Crippen LogP contribution is -2.34. The van der Waals surface area contributed by atoms with E-state index >= 15 is 0 Å². The van der Waals surface area contributed by atoms with Crippen molar-refractivity contribution in [3.8, 4) is 0 Å². The first-order valence-electron chi connectivity index (χ1n) is 7.61. The highest BCUT2D eigenvalue weighted by Gasteiger charge is 2.35. The standard InChI is InChI=1S/C14H26O7S/c1-3-5-7-8-10-20-13(15)11-12(22(17,18)19)14(16)21-9-6-4-2/h12H,3-11H2,1-2H3,(H,17,18,19). The number of hydrogen-bond acceptors (Lipinski definition) is 6. The van der Waals surface area contributed by atoms with Crippen molar-refractivity contribution in [2.45, 2.75) is 64.0 Å². The summed E-state index contributed by atoms with van der Waals surface area (Å²) in [5.74, 6) is -1.97. The van der Waals surface area contributed by atoms with Crippen LogP contribution in [0.3, 0.4) is 0 Å². The molecule has 7 nitrogen and oxygen atoms in total. The maximum Gasteiger partial charge on any atom is 0.327 e. The van der Waals surface area contributed by atoms with E-state index in [0.717, 1.165) is 25.7 Å². The summed E-state index contributed by atoms with van der Waals surface area (Å²) >= 11 is 0. The number of carbonyl (C=O) groups is 2. The molecule has 0 bridgehead atoms. The maximum atomic E-state index is 11.6. The number of hydrogen-bond donors (Lipinski definition) is 1. The minimum atomic E-state index is -4.71. The van der Waals surface area contributed by atoms with E-state index in [4.69, 9.17) is 14.0 Å². The van der Waals surface area contributed by atoms with E-state index < -0.39 is 33.7 Å². The average Bonchev–Trinajstić information content (AvgIpc) is 2.43. The van der Waals surface area contributed by atoms with E-state index in [9.17, 15) is 18.0 Å². The van der Waals surface area contributed by atoms with Crippen LogP contribution in [-0.4, -0.2) is 43.4 Å². The third-order valence-electron chi connectivity index (χ3n) is 2.98. The van der Waals surface area contributed by atoms with E-state index in [1.165, 1.54) is 0 Å². The van der Waals surface area contributed by atoms with Crippen molar-refractivity contribution >= 4 is 22.1 Å². The first-order valence-corrected chi connectivity index (χ1v) is 9.11. The first-order chi connectivity index (χ1) is 10.3. The third kappa shape index (κ3) is 9.73. The van der Waals surface area contributed by atoms with Crippen molar-refractivity contribution in [2.24, 2.45) is 0 Å². The highest BCUT2D eigenvalue weighted by atomic mass is 32.2. The van der Waals surface area contributed by atoms with Gasteiger partial charge in [0, 0.05) is 0 Å². The predicted molar refractivity (Wildman–Crippen MR) is 80.9 cm³/mol. The summed E-state index contributed by atoms with van der Waals surface area (Å²) in [6.45, 7) is 4.15. The topological polar surface area (TPSA) is 107 Å². The summed E-state index contributed by atoms with van der Waals surface area (Å²) < 4.78 is 41.1. The second kappa shape index (κ2) is 11.4. The molecule has 22 heavy (non-hydrogen) atoms. The summed E-state index contributed by atoms with van der Waals surface area (Å²) in [5.41, 5.74) is 0. The van der Waals surface area contributed by atoms with Gasteiger partial charge in [-0.1, -0.05) is 39.5 Å². The van der Waals surface area contributed by atoms with E-state index in [-0.39, 0.29) is 13.2 Å². The number of ether oxygens (including phenoxy) is 2. The van der Waals surface area contributed by atoms with E-state index in [2.05, 4.69) is 0 Å². The Balaban J connectivity index is 4.35. The third-order valence-corrected chi connectivity index (χ3v) is 4.06. The highest BCUT2D eigenvalue weighted by molar-refractivity contribution is 7.87. The number of esters is 2. The van der Waals surface area contributed by atoms with Crippen LogP contribution in [0.4, 0.5) is 0 Å². The van der Waals surface area contributed by atoms with E-state index in [0.29, 0.717) is 12.8 Å². The van der Waals surface area contributed by atoms with Crippen LogP contribution in [0.2, 0.25) is 0 Å². The molecule has 0 aromatic heterocycles. The molecule has 0 aliphatic rings. The minimum absolute atomic E-state index is 0.0490. The zero-order valence-electron chi connectivity index (χ0n) is 13.2. The van der Waals surface area contributed by atoms with Crippen molar-refractivity contribution in [1.29, 1.82) is 0 Å². The van der Waals surface area contributed by atoms with Crippen LogP contribution < -0.4 is 0 Å². The number of unbranched alkanes of at least 4 members (excludes halogenated alkanes) is 4. The smallest absolute Gasteiger partial charge is 0.327 e. The first kappa shape index (κ1) is 20.9. The summed E-state index contributed by atoms with van der Waals surface area (Å²) in [5, 5.41) is -1.92. The Bertz CT molecular complexity index is 430. The van der Waals surface area contributed by atoms with Crippen molar-refractivity contribution in [1.82, 2.24) is 0 Å². The van der Waals surface area contributed by atoms with Gasteiger partial charge < -0.3 is 9.47 Å². The van der Waals surface area contributed by atoms with Crippen molar-refractivity contribution in [3.05, 3.63) is 0 Å². The molecule has 0 amide bonds. The fraction of sp³-hybridized carbons (Fsp3) is 0.857. The Hall–Kier alpha value is -1.15. The Morgan fingerprint density at radius 3 is 2.09 bits per heavy atom. The van der Waals surface area contributed by atoms with Crippen LogP contribution in [0.1, 0.15) is 58.8 Å². The van der Waals surface area contributed by atoms with Gasteiger partial charge in [-0.05, 0) is 12.8 Å². The molecule has 1 N–H and O–H groups in total. The molecular weight excluding hydrogens is 312 g/mol. The van der Waals surface area contributed by atoms with Gasteiger partial charge in [0.15, 0.2) is 5.25 Å². The molecule has 0 aliphatic heterocycles. The molecule has 0 saturated carbocycles. The Labute approximate surface area is 132 Å². The lowest BCUT2D eigenvalue weighted by atomic mass is 10.2. The molecule has 130 valence electrons. The Morgan fingerprint density at radius 2 is 1.55 bits per heavy atom. The summed E-state index contributed by atoms with van der Waals surface area (Å²) in [6, 6.07) is 0. The molecule has 0 fully saturated rings. The lowest BCUT2D eigenvalue weighted by Gasteiger charge is -2.13. The van der Waals surface area contributed by atoms with Gasteiger partial charge in [0.1, 0.15) is 0 Å². The van der Waals surface area contributed by atoms with Gasteiger partial charge >= 0.3 is 11.9 Å². The molecule has 0 aromatic carbocycles. The SMILES string of the molecule is CCCCCCOC(=O)CC(C(=O)OCCCC)S(=O)(=O)O. The van der Waals surface area contributed by atoms with Crippen molar-refractivity contribution in [3.63, 3.8) is 0 Å². The van der Waals surface area contributed by atoms with Crippen LogP contribution >= 0.6 is 0 Å². The van der Waals surface area contributed by atoms with Crippen LogP contribution in [0, 0.1) is 0 Å². The fourth-order valence-electron chi connectivity index (χ4n) is 1.65. The summed E-state index contributed by atoms with van der Waals surface area (Å²) in [7, 11) is -4.71. The average molecular weight is 338 g/mol. The van der Waals surface area contributed by atoms with Gasteiger partial charge in [-0.2, -0.15) is 8.42 Å². The van der Waals surface area contributed by atoms with Gasteiger partial charge in [0.2, 0.25) is 0 Å². The van der Waals surface area contributed by atoms with Gasteiger partial charge in [-0.15, -0.1) is 0 Å². The monoisotopic (exact) mass is 338 g/mol. The van der Waals surface area contributed by atoms with Crippen LogP contribution in [0.5, 0.6) is 0 Å². The Morgan fingerprint density at radius 1 is 0.955 bits per heavy atom. The largest absolute Gasteiger partial charge is 0.466 e. The summed E-state index contributed by atoms with van der Waals surface area (Å²) in [4.78, 5) is 23.2. The molecule has 0 aliphatic carbocycles. The molecule has 0 radical (unpaired) electrons. The highest BCUT2D eigenvalue weighted by Crippen LogP contribution is 2.10. The molecule has 0 saturated heterocycles. The van der Waals surface area contributed by atoms with Gasteiger partial charge in [0.25, 0.3) is 10.1 Å². The van der Waals surface area contributed by atoms with Crippen LogP contribution in [-0.2, 0) is 29.2 Å². The van der Waals surface area contributed by atoms with Crippen LogP contribution in [0.15, 0.2) is 0 Å². The zero-order chi connectivity index (χ0) is 17.0. The minimum Gasteiger partial charge on any atom is -0.466 e. The van der Waals surface area contributed by atoms with Crippen molar-refractivity contribution in [2.75, 3.05) is 13.2 Å². The van der Waals surface area contributed by atoms with Gasteiger partial charge in [0.05, 0.1) is 19.6 Å². The molecule has 0 spiro atoms. The normalized spacial score (nSPS) is 12.7. The second-order valence-electron chi connectivity index (χ2n) is 5.01. The molecule has 1 unspecified atom stereocenters. The molecule has 0 rings (SSSR count). The maximum absolute atomic E-state index is 11.6. The molecule has 1 atom stereocenters. The van der Waals surface area contributed by atoms with E-state index in [1.807, 2.05) is 13.8 Å². The predicted octanol–water partition coefficient (Wildman–Crippen LogP) is 2.10. The van der Waals surface area contributed by atoms with E-state index in [1.54, 1.807) is 0 Å². The van der Waals surface area contributed by atoms with Gasteiger partial charge in [-0.3, -0.25) is 14.1 Å². The quantitative estimate of drug-likeness (QED) is 0.330. The number of carbonyl (C=O) groups excluding carboxylic acids is 2. The van der Waals surface area contributed by atoms with Crippen molar-refractivity contribution < 1.29 is 32.0 Å². The number of rotatable bonds is 12.